The van der Waals surface area contributed by atoms with Gasteiger partial charge >= 0.3 is 0 Å². The van der Waals surface area contributed by atoms with Gasteiger partial charge in [0, 0.05) is 43.2 Å². The van der Waals surface area contributed by atoms with Gasteiger partial charge in [0.1, 0.15) is 5.83 Å². The molecule has 0 radical (unpaired) electrons. The van der Waals surface area contributed by atoms with E-state index in [0.29, 0.717) is 24.6 Å². The van der Waals surface area contributed by atoms with Gasteiger partial charge in [0.2, 0.25) is 6.41 Å². The number of nitrogens with zero attached hydrogens (tertiary/aromatic N) is 1. The van der Waals surface area contributed by atoms with Crippen molar-refractivity contribution in [2.45, 2.75) is 93.7 Å². The lowest BCUT2D eigenvalue weighted by atomic mass is 9.98. The van der Waals surface area contributed by atoms with E-state index in [0.717, 1.165) is 37.9 Å². The Morgan fingerprint density at radius 2 is 1.67 bits per heavy atom. The number of piperidine rings is 1. The van der Waals surface area contributed by atoms with Crippen LogP contribution in [-0.4, -0.2) is 54.8 Å². The number of carbonyl (C=O) groups is 2. The highest BCUT2D eigenvalue weighted by Crippen LogP contribution is 2.20. The van der Waals surface area contributed by atoms with Gasteiger partial charge in [-0.2, -0.15) is 0 Å². The quantitative estimate of drug-likeness (QED) is 0.0697. The minimum Gasteiger partial charge on any atom is -0.405 e. The Labute approximate surface area is 261 Å². The number of hydrogen-bond donors (Lipinski definition) is 3. The summed E-state index contributed by atoms with van der Waals surface area (Å²) in [5.74, 6) is -0.607. The van der Waals surface area contributed by atoms with Crippen molar-refractivity contribution in [3.05, 3.63) is 83.4 Å². The lowest BCUT2D eigenvalue weighted by Gasteiger charge is -2.37. The van der Waals surface area contributed by atoms with Gasteiger partial charge in [-0.05, 0) is 90.8 Å². The van der Waals surface area contributed by atoms with Crippen molar-refractivity contribution in [3.8, 4) is 0 Å². The first kappa shape index (κ1) is 43.6. The van der Waals surface area contributed by atoms with Crippen molar-refractivity contribution >= 4 is 23.9 Å². The number of nitrogens with two attached hydrogens (primary N) is 1. The third kappa shape index (κ3) is 22.8. The first-order chi connectivity index (χ1) is 20.0. The second-order valence-corrected chi connectivity index (χ2v) is 9.67. The molecule has 0 aromatic heterocycles. The maximum atomic E-state index is 12.8. The SMILES string of the molecule is C/C=C(\C=C/N)CNC=O.C=C(F)/C=C\C(=C/CCl)C(=O)NC1CCN(C(C)/C(=C\C)CC)CC1.CC.CC=C(C)C. The van der Waals surface area contributed by atoms with Crippen molar-refractivity contribution < 1.29 is 14.0 Å². The normalized spacial score (nSPS) is 15.3. The molecule has 0 bridgehead atoms. The Bertz CT molecular complexity index is 924. The molecular weight excluding hydrogens is 551 g/mol. The highest BCUT2D eigenvalue weighted by Gasteiger charge is 2.25. The molecule has 1 aliphatic rings. The van der Waals surface area contributed by atoms with Crippen LogP contribution in [0.1, 0.15) is 81.6 Å². The van der Waals surface area contributed by atoms with Crippen molar-refractivity contribution in [1.82, 2.24) is 15.5 Å². The highest BCUT2D eigenvalue weighted by molar-refractivity contribution is 6.19. The zero-order valence-corrected chi connectivity index (χ0v) is 28.4. The first-order valence-electron chi connectivity index (χ1n) is 14.8. The second-order valence-electron chi connectivity index (χ2n) is 9.36. The van der Waals surface area contributed by atoms with E-state index in [1.54, 1.807) is 12.2 Å². The van der Waals surface area contributed by atoms with Crippen molar-refractivity contribution in [2.24, 2.45) is 5.73 Å². The van der Waals surface area contributed by atoms with Crippen molar-refractivity contribution in [1.29, 1.82) is 0 Å². The van der Waals surface area contributed by atoms with E-state index in [4.69, 9.17) is 17.3 Å². The molecule has 0 saturated carbocycles. The van der Waals surface area contributed by atoms with E-state index in [1.807, 2.05) is 33.8 Å². The number of nitrogens with one attached hydrogen (secondary N) is 2. The van der Waals surface area contributed by atoms with E-state index in [1.165, 1.54) is 29.5 Å². The summed E-state index contributed by atoms with van der Waals surface area (Å²) in [4.78, 5) is 24.7. The van der Waals surface area contributed by atoms with Gasteiger partial charge in [0.05, 0.1) is 0 Å². The zero-order chi connectivity index (χ0) is 32.9. The van der Waals surface area contributed by atoms with Crippen molar-refractivity contribution in [2.75, 3.05) is 25.5 Å². The predicted molar refractivity (Wildman–Crippen MR) is 182 cm³/mol. The lowest BCUT2D eigenvalue weighted by Crippen LogP contribution is -2.47. The van der Waals surface area contributed by atoms with Crippen LogP contribution in [0.4, 0.5) is 4.39 Å². The Morgan fingerprint density at radius 1 is 1.10 bits per heavy atom. The summed E-state index contributed by atoms with van der Waals surface area (Å²) in [7, 11) is 0. The number of carbonyl (C=O) groups excluding carboxylic acids is 2. The number of alkyl halides is 1. The summed E-state index contributed by atoms with van der Waals surface area (Å²) < 4.78 is 12.8. The van der Waals surface area contributed by atoms with Crippen LogP contribution in [0.5, 0.6) is 0 Å². The molecule has 240 valence electrons. The van der Waals surface area contributed by atoms with E-state index in [9.17, 15) is 14.0 Å². The number of halogens is 2. The summed E-state index contributed by atoms with van der Waals surface area (Å²) in [6.07, 6.45) is 17.1. The molecule has 1 fully saturated rings. The Kier molecular flexibility index (Phi) is 30.7. The molecule has 1 rings (SSSR count). The molecule has 1 aliphatic heterocycles. The van der Waals surface area contributed by atoms with Crippen LogP contribution < -0.4 is 16.4 Å². The molecule has 4 N–H and O–H groups in total. The van der Waals surface area contributed by atoms with Crippen LogP contribution in [0.15, 0.2) is 83.4 Å². The number of allylic oxidation sites excluding steroid dienone is 7. The van der Waals surface area contributed by atoms with Gasteiger partial charge in [0.15, 0.2) is 0 Å². The molecule has 0 spiro atoms. The summed E-state index contributed by atoms with van der Waals surface area (Å²) in [6.45, 7) is 24.2. The largest absolute Gasteiger partial charge is 0.405 e. The van der Waals surface area contributed by atoms with Gasteiger partial charge in [-0.3, -0.25) is 14.5 Å². The van der Waals surface area contributed by atoms with Crippen LogP contribution >= 0.6 is 11.6 Å². The maximum Gasteiger partial charge on any atom is 0.251 e. The van der Waals surface area contributed by atoms with E-state index in [-0.39, 0.29) is 17.8 Å². The van der Waals surface area contributed by atoms with Crippen LogP contribution in [0.25, 0.3) is 0 Å². The molecule has 42 heavy (non-hydrogen) atoms. The van der Waals surface area contributed by atoms with Gasteiger partial charge in [-0.25, -0.2) is 4.39 Å². The fourth-order valence-corrected chi connectivity index (χ4v) is 3.88. The fourth-order valence-electron chi connectivity index (χ4n) is 3.72. The molecule has 1 unspecified atom stereocenters. The molecule has 6 nitrogen and oxygen atoms in total. The smallest absolute Gasteiger partial charge is 0.251 e. The molecule has 0 aliphatic carbocycles. The van der Waals surface area contributed by atoms with Gasteiger partial charge in [0.25, 0.3) is 5.91 Å². The Balaban J connectivity index is -0.000000735. The molecule has 1 heterocycles. The van der Waals surface area contributed by atoms with Crippen LogP contribution in [0.2, 0.25) is 0 Å². The predicted octanol–water partition coefficient (Wildman–Crippen LogP) is 7.67. The van der Waals surface area contributed by atoms with Gasteiger partial charge < -0.3 is 16.4 Å². The minimum absolute atomic E-state index is 0.132. The zero-order valence-electron chi connectivity index (χ0n) is 27.6. The minimum atomic E-state index is -0.591. The van der Waals surface area contributed by atoms with E-state index in [2.05, 4.69) is 68.9 Å². The fraction of sp³-hybridized carbons (Fsp3) is 0.529. The average molecular weight is 609 g/mol. The van der Waals surface area contributed by atoms with Crippen LogP contribution in [-0.2, 0) is 9.59 Å². The molecular formula is C34H58ClFN4O2. The van der Waals surface area contributed by atoms with E-state index >= 15 is 0 Å². The summed E-state index contributed by atoms with van der Waals surface area (Å²) in [6, 6.07) is 0.573. The van der Waals surface area contributed by atoms with Crippen molar-refractivity contribution in [3.63, 3.8) is 0 Å². The first-order valence-corrected chi connectivity index (χ1v) is 15.4. The average Bonchev–Trinajstić information content (AvgIpc) is 2.99. The van der Waals surface area contributed by atoms with Crippen LogP contribution in [0, 0.1) is 0 Å². The third-order valence-electron chi connectivity index (χ3n) is 6.38. The molecule has 1 saturated heterocycles. The molecule has 2 amide bonds. The Hall–Kier alpha value is -2.90. The maximum absolute atomic E-state index is 12.8. The number of likely N-dealkylation sites (tertiary alicyclic amines) is 1. The monoisotopic (exact) mass is 608 g/mol. The topological polar surface area (TPSA) is 87.5 Å². The number of rotatable bonds is 12. The molecule has 8 heteroatoms. The third-order valence-corrected chi connectivity index (χ3v) is 6.53. The molecule has 0 aromatic rings. The molecule has 0 aromatic carbocycles. The van der Waals surface area contributed by atoms with Gasteiger partial charge in [-0.15, -0.1) is 11.6 Å². The summed E-state index contributed by atoms with van der Waals surface area (Å²) in [5.41, 5.74) is 9.33. The highest BCUT2D eigenvalue weighted by atomic mass is 35.5. The Morgan fingerprint density at radius 3 is 2.05 bits per heavy atom. The lowest BCUT2D eigenvalue weighted by molar-refractivity contribution is -0.118. The molecule has 1 atom stereocenters. The summed E-state index contributed by atoms with van der Waals surface area (Å²) in [5, 5.41) is 5.56. The van der Waals surface area contributed by atoms with Gasteiger partial charge in [-0.1, -0.05) is 62.8 Å². The standard InChI is InChI=1S/C20H30ClFN2O.C7H12N2O.C5H10.C2H6/c1-5-17(6-2)16(4)24-13-10-19(11-14-24)23-20(25)18(9-12-21)8-7-15(3)22;1-2-7(3-4-8)5-9-6-10;1-4-5(2)3;1-2/h5,7-9,16,19H,3,6,10-14H2,1-2,4H3,(H,23,25);2-4,6H,5,8H2,1H3,(H,9,10);4H,1-3H3;1-2H3/b8-7-,17-5-,18-9+;4-3-,7-2+;;. The number of amides is 2. The van der Waals surface area contributed by atoms with E-state index < -0.39 is 5.83 Å². The summed E-state index contributed by atoms with van der Waals surface area (Å²) >= 11 is 5.69. The van der Waals surface area contributed by atoms with Crippen LogP contribution in [0.3, 0.4) is 0 Å². The second kappa shape index (κ2) is 29.6. The number of hydrogen-bond acceptors (Lipinski definition) is 4.